The minimum Gasteiger partial charge on any atom is -0.201 e. The molecule has 1 heterocycles. The Bertz CT molecular complexity index is 628. The average Bonchev–Trinajstić information content (AvgIpc) is 2.90. The standard InChI is InChI=1S/C14H15ClF2N4S/c1-2-3-8-22-14-20-19-13(12(16)17)21(14)18-9-10-4-6-11(15)7-5-10/h4-7,9,12H,2-3,8H2,1H3/b18-9+. The van der Waals surface area contributed by atoms with Crippen LogP contribution < -0.4 is 0 Å². The van der Waals surface area contributed by atoms with Crippen LogP contribution in [0.15, 0.2) is 34.5 Å². The third kappa shape index (κ3) is 4.51. The molecule has 22 heavy (non-hydrogen) atoms. The number of benzene rings is 1. The lowest BCUT2D eigenvalue weighted by Crippen LogP contribution is -2.01. The molecule has 118 valence electrons. The maximum atomic E-state index is 13.0. The first-order valence-electron chi connectivity index (χ1n) is 6.78. The van der Waals surface area contributed by atoms with E-state index in [1.807, 2.05) is 0 Å². The number of rotatable bonds is 7. The Balaban J connectivity index is 2.22. The van der Waals surface area contributed by atoms with Crippen molar-refractivity contribution in [3.63, 3.8) is 0 Å². The molecule has 1 aromatic heterocycles. The van der Waals surface area contributed by atoms with Gasteiger partial charge in [-0.15, -0.1) is 10.2 Å². The second-order valence-electron chi connectivity index (χ2n) is 4.45. The molecule has 0 saturated heterocycles. The predicted octanol–water partition coefficient (Wildman–Crippen LogP) is 4.64. The van der Waals surface area contributed by atoms with Gasteiger partial charge in [0.25, 0.3) is 6.43 Å². The molecule has 1 aromatic carbocycles. The van der Waals surface area contributed by atoms with Crippen LogP contribution in [0.3, 0.4) is 0 Å². The summed E-state index contributed by atoms with van der Waals surface area (Å²) in [5.74, 6) is 0.332. The molecule has 0 unspecified atom stereocenters. The molecule has 2 aromatic rings. The summed E-state index contributed by atoms with van der Waals surface area (Å²) in [5.41, 5.74) is 0.753. The quantitative estimate of drug-likeness (QED) is 0.417. The summed E-state index contributed by atoms with van der Waals surface area (Å²) in [6.07, 6.45) is 0.754. The van der Waals surface area contributed by atoms with E-state index in [2.05, 4.69) is 22.2 Å². The first kappa shape index (κ1) is 16.9. The summed E-state index contributed by atoms with van der Waals surface area (Å²) < 4.78 is 27.1. The molecule has 0 fully saturated rings. The van der Waals surface area contributed by atoms with Crippen molar-refractivity contribution in [3.8, 4) is 0 Å². The van der Waals surface area contributed by atoms with Crippen LogP contribution in [0.5, 0.6) is 0 Å². The van der Waals surface area contributed by atoms with Gasteiger partial charge in [0.15, 0.2) is 0 Å². The van der Waals surface area contributed by atoms with Gasteiger partial charge in [-0.1, -0.05) is 48.8 Å². The first-order valence-corrected chi connectivity index (χ1v) is 8.14. The van der Waals surface area contributed by atoms with Crippen molar-refractivity contribution in [2.75, 3.05) is 5.75 Å². The molecule has 0 aliphatic heterocycles. The molecule has 0 N–H and O–H groups in total. The van der Waals surface area contributed by atoms with E-state index in [-0.39, 0.29) is 0 Å². The SMILES string of the molecule is CCCCSc1nnc(C(F)F)n1/N=C/c1ccc(Cl)cc1. The van der Waals surface area contributed by atoms with Gasteiger partial charge in [-0.05, 0) is 24.1 Å². The molecular formula is C14H15ClF2N4S. The lowest BCUT2D eigenvalue weighted by atomic mass is 10.2. The van der Waals surface area contributed by atoms with Crippen molar-refractivity contribution in [3.05, 3.63) is 40.7 Å². The molecule has 0 amide bonds. The number of halogens is 3. The molecule has 0 spiro atoms. The van der Waals surface area contributed by atoms with Gasteiger partial charge in [-0.2, -0.15) is 9.78 Å². The highest BCUT2D eigenvalue weighted by Crippen LogP contribution is 2.24. The maximum Gasteiger partial charge on any atom is 0.299 e. The minimum atomic E-state index is -2.73. The van der Waals surface area contributed by atoms with Crippen LogP contribution in [0.2, 0.25) is 5.02 Å². The third-order valence-electron chi connectivity index (χ3n) is 2.75. The number of nitrogens with zero attached hydrogens (tertiary/aromatic N) is 4. The summed E-state index contributed by atoms with van der Waals surface area (Å²) in [4.78, 5) is 0. The number of unbranched alkanes of at least 4 members (excludes halogenated alkanes) is 1. The Labute approximate surface area is 136 Å². The van der Waals surface area contributed by atoms with Crippen molar-refractivity contribution < 1.29 is 8.78 Å². The summed E-state index contributed by atoms with van der Waals surface area (Å²) in [5, 5.41) is 12.4. The van der Waals surface area contributed by atoms with Crippen LogP contribution in [0.1, 0.15) is 37.6 Å². The molecule has 0 radical (unpaired) electrons. The van der Waals surface area contributed by atoms with Gasteiger partial charge in [0, 0.05) is 10.8 Å². The third-order valence-corrected chi connectivity index (χ3v) is 4.01. The van der Waals surface area contributed by atoms with Crippen LogP contribution in [0, 0.1) is 0 Å². The molecule has 0 saturated carbocycles. The number of aromatic nitrogens is 3. The second-order valence-corrected chi connectivity index (χ2v) is 5.95. The van der Waals surface area contributed by atoms with Gasteiger partial charge in [0.1, 0.15) is 0 Å². The van der Waals surface area contributed by atoms with Crippen molar-refractivity contribution in [1.82, 2.24) is 14.9 Å². The van der Waals surface area contributed by atoms with Crippen LogP contribution >= 0.6 is 23.4 Å². The van der Waals surface area contributed by atoms with Gasteiger partial charge in [-0.25, -0.2) is 8.78 Å². The normalized spacial score (nSPS) is 11.7. The average molecular weight is 345 g/mol. The van der Waals surface area contributed by atoms with E-state index < -0.39 is 12.2 Å². The Morgan fingerprint density at radius 3 is 2.68 bits per heavy atom. The number of alkyl halides is 2. The summed E-state index contributed by atoms with van der Waals surface area (Å²) in [7, 11) is 0. The van der Waals surface area contributed by atoms with Crippen LogP contribution in [-0.2, 0) is 0 Å². The highest BCUT2D eigenvalue weighted by atomic mass is 35.5. The number of hydrogen-bond donors (Lipinski definition) is 0. The van der Waals surface area contributed by atoms with E-state index in [0.29, 0.717) is 10.2 Å². The molecule has 0 aliphatic rings. The van der Waals surface area contributed by atoms with E-state index >= 15 is 0 Å². The molecule has 4 nitrogen and oxygen atoms in total. The van der Waals surface area contributed by atoms with E-state index in [1.54, 1.807) is 24.3 Å². The van der Waals surface area contributed by atoms with Crippen LogP contribution in [0.4, 0.5) is 8.78 Å². The zero-order valence-electron chi connectivity index (χ0n) is 11.9. The lowest BCUT2D eigenvalue weighted by molar-refractivity contribution is 0.135. The highest BCUT2D eigenvalue weighted by molar-refractivity contribution is 7.99. The molecule has 8 heteroatoms. The Kier molecular flexibility index (Phi) is 6.33. The number of thioether (sulfide) groups is 1. The molecular weight excluding hydrogens is 330 g/mol. The first-order chi connectivity index (χ1) is 10.6. The molecule has 0 aliphatic carbocycles. The Morgan fingerprint density at radius 2 is 2.05 bits per heavy atom. The Hall–Kier alpha value is -1.47. The largest absolute Gasteiger partial charge is 0.299 e. The van der Waals surface area contributed by atoms with Gasteiger partial charge in [0.05, 0.1) is 6.21 Å². The van der Waals surface area contributed by atoms with Gasteiger partial charge in [0.2, 0.25) is 11.0 Å². The van der Waals surface area contributed by atoms with Gasteiger partial charge >= 0.3 is 0 Å². The van der Waals surface area contributed by atoms with E-state index in [0.717, 1.165) is 28.8 Å². The highest BCUT2D eigenvalue weighted by Gasteiger charge is 2.20. The lowest BCUT2D eigenvalue weighted by Gasteiger charge is -2.03. The zero-order chi connectivity index (χ0) is 15.9. The van der Waals surface area contributed by atoms with Crippen LogP contribution in [0.25, 0.3) is 0 Å². The van der Waals surface area contributed by atoms with E-state index in [4.69, 9.17) is 11.6 Å². The van der Waals surface area contributed by atoms with Gasteiger partial charge < -0.3 is 0 Å². The van der Waals surface area contributed by atoms with Gasteiger partial charge in [-0.3, -0.25) is 0 Å². The van der Waals surface area contributed by atoms with Crippen molar-refractivity contribution in [1.29, 1.82) is 0 Å². The Morgan fingerprint density at radius 1 is 1.32 bits per heavy atom. The smallest absolute Gasteiger partial charge is 0.201 e. The fraction of sp³-hybridized carbons (Fsp3) is 0.357. The molecule has 2 rings (SSSR count). The monoisotopic (exact) mass is 344 g/mol. The second kappa shape index (κ2) is 8.24. The summed E-state index contributed by atoms with van der Waals surface area (Å²) >= 11 is 7.17. The summed E-state index contributed by atoms with van der Waals surface area (Å²) in [6.45, 7) is 2.06. The zero-order valence-corrected chi connectivity index (χ0v) is 13.5. The minimum absolute atomic E-state index is 0.369. The predicted molar refractivity (Wildman–Crippen MR) is 85.1 cm³/mol. The van der Waals surface area contributed by atoms with Crippen molar-refractivity contribution in [2.45, 2.75) is 31.3 Å². The fourth-order valence-corrected chi connectivity index (χ4v) is 2.70. The fourth-order valence-electron chi connectivity index (χ4n) is 1.59. The van der Waals surface area contributed by atoms with Crippen molar-refractivity contribution in [2.24, 2.45) is 5.10 Å². The topological polar surface area (TPSA) is 43.1 Å². The van der Waals surface area contributed by atoms with E-state index in [9.17, 15) is 8.78 Å². The molecule has 0 atom stereocenters. The number of hydrogen-bond acceptors (Lipinski definition) is 4. The summed E-state index contributed by atoms with van der Waals surface area (Å²) in [6, 6.07) is 6.92. The maximum absolute atomic E-state index is 13.0. The molecule has 0 bridgehead atoms. The van der Waals surface area contributed by atoms with Crippen LogP contribution in [-0.4, -0.2) is 26.8 Å². The van der Waals surface area contributed by atoms with E-state index in [1.165, 1.54) is 18.0 Å². The van der Waals surface area contributed by atoms with Crippen molar-refractivity contribution >= 4 is 29.6 Å².